The lowest BCUT2D eigenvalue weighted by Crippen LogP contribution is -1.94. The minimum absolute atomic E-state index is 0.877. The maximum Gasteiger partial charge on any atom is 0.143 e. The molecule has 0 saturated carbocycles. The average molecular weight is 561 g/mol. The third-order valence-electron chi connectivity index (χ3n) is 8.70. The number of hydrogen-bond acceptors (Lipinski definition) is 1. The number of allylic oxidation sites excluding steroid dienone is 5. The Hall–Kier alpha value is -5.84. The van der Waals surface area contributed by atoms with Crippen molar-refractivity contribution in [3.05, 3.63) is 168 Å². The van der Waals surface area contributed by atoms with Crippen LogP contribution >= 0.6 is 0 Å². The summed E-state index contributed by atoms with van der Waals surface area (Å²) in [6, 6.07) is 38.7. The van der Waals surface area contributed by atoms with Crippen molar-refractivity contribution >= 4 is 66.8 Å². The van der Waals surface area contributed by atoms with Crippen LogP contribution in [0.15, 0.2) is 150 Å². The zero-order chi connectivity index (χ0) is 29.6. The molecule has 1 nitrogen and oxygen atoms in total. The largest absolute Gasteiger partial charge is 0.455 e. The highest BCUT2D eigenvalue weighted by Crippen LogP contribution is 2.42. The highest BCUT2D eigenvalue weighted by molar-refractivity contribution is 6.19. The van der Waals surface area contributed by atoms with Crippen LogP contribution in [0.2, 0.25) is 0 Å². The van der Waals surface area contributed by atoms with Gasteiger partial charge in [0.2, 0.25) is 0 Å². The Morgan fingerprint density at radius 2 is 1.23 bits per heavy atom. The molecule has 1 heterocycles. The molecule has 0 spiro atoms. The van der Waals surface area contributed by atoms with E-state index < -0.39 is 0 Å². The highest BCUT2D eigenvalue weighted by atomic mass is 16.3. The van der Waals surface area contributed by atoms with E-state index in [9.17, 15) is 0 Å². The van der Waals surface area contributed by atoms with Gasteiger partial charge in [-0.1, -0.05) is 133 Å². The summed E-state index contributed by atoms with van der Waals surface area (Å²) in [5, 5.41) is 7.18. The fourth-order valence-electron chi connectivity index (χ4n) is 6.70. The maximum absolute atomic E-state index is 6.32. The second kappa shape index (κ2) is 10.5. The van der Waals surface area contributed by atoms with Crippen LogP contribution in [0.25, 0.3) is 77.9 Å². The van der Waals surface area contributed by atoms with Crippen LogP contribution in [-0.2, 0) is 0 Å². The first kappa shape index (κ1) is 25.8. The summed E-state index contributed by atoms with van der Waals surface area (Å²) in [6.07, 6.45) is 10.3. The molecule has 0 bridgehead atoms. The lowest BCUT2D eigenvalue weighted by molar-refractivity contribution is 0.668. The number of rotatable bonds is 5. The van der Waals surface area contributed by atoms with E-state index in [1.165, 1.54) is 43.8 Å². The van der Waals surface area contributed by atoms with E-state index >= 15 is 0 Å². The van der Waals surface area contributed by atoms with Crippen LogP contribution in [0.1, 0.15) is 29.2 Å². The van der Waals surface area contributed by atoms with E-state index in [2.05, 4.69) is 134 Å². The number of furan rings is 1. The molecule has 6 aromatic carbocycles. The minimum atomic E-state index is 0.877. The lowest BCUT2D eigenvalue weighted by atomic mass is 9.86. The van der Waals surface area contributed by atoms with Crippen molar-refractivity contribution in [2.45, 2.75) is 6.92 Å². The van der Waals surface area contributed by atoms with E-state index in [-0.39, 0.29) is 0 Å². The standard InChI is InChI=1S/C43H28O/c1-3-29(38-27-39-32-18-13-14-24-40(32)44-43(39)37-23-12-7-17-31(37)38)26-25-28(2)41-33-19-8-10-21-35(33)42(30-15-5-4-6-16-30)36-22-11-9-20-34(36)41/h3-6,8-11,13-27H,1H2,2H3/b28-25+,29-26+. The molecule has 1 heteroatoms. The molecule has 0 unspecified atom stereocenters. The molecule has 0 amide bonds. The Morgan fingerprint density at radius 3 is 1.91 bits per heavy atom. The number of benzene rings is 6. The van der Waals surface area contributed by atoms with Crippen LogP contribution in [0.3, 0.4) is 0 Å². The van der Waals surface area contributed by atoms with Crippen molar-refractivity contribution in [2.24, 2.45) is 0 Å². The third kappa shape index (κ3) is 4.04. The van der Waals surface area contributed by atoms with Crippen LogP contribution in [-0.4, -0.2) is 0 Å². The first-order valence-corrected chi connectivity index (χ1v) is 14.9. The molecule has 44 heavy (non-hydrogen) atoms. The highest BCUT2D eigenvalue weighted by Gasteiger charge is 2.19. The topological polar surface area (TPSA) is 13.1 Å². The van der Waals surface area contributed by atoms with E-state index in [0.717, 1.165) is 44.2 Å². The predicted molar refractivity (Wildman–Crippen MR) is 188 cm³/mol. The second-order valence-corrected chi connectivity index (χ2v) is 11.2. The van der Waals surface area contributed by atoms with Gasteiger partial charge in [0.05, 0.1) is 0 Å². The SMILES string of the molecule is C=C/C(=C\C=C(/C)c1c2ccccc2c(-c2ccccc2)c2ccccc12)c1cc2c(oc3ccccc32)c2c1C=C=C=C2. The minimum Gasteiger partial charge on any atom is -0.455 e. The van der Waals surface area contributed by atoms with Crippen LogP contribution in [0.5, 0.6) is 0 Å². The van der Waals surface area contributed by atoms with Gasteiger partial charge in [-0.05, 0) is 80.1 Å². The second-order valence-electron chi connectivity index (χ2n) is 11.2. The van der Waals surface area contributed by atoms with Gasteiger partial charge in [0.1, 0.15) is 11.2 Å². The van der Waals surface area contributed by atoms with Crippen molar-refractivity contribution in [3.63, 3.8) is 0 Å². The Labute approximate surface area is 256 Å². The zero-order valence-corrected chi connectivity index (χ0v) is 24.4. The van der Waals surface area contributed by atoms with Gasteiger partial charge in [-0.25, -0.2) is 0 Å². The van der Waals surface area contributed by atoms with Crippen molar-refractivity contribution < 1.29 is 4.42 Å². The van der Waals surface area contributed by atoms with E-state index in [0.29, 0.717) is 0 Å². The molecule has 7 aromatic rings. The lowest BCUT2D eigenvalue weighted by Gasteiger charge is -2.18. The van der Waals surface area contributed by atoms with Gasteiger partial charge < -0.3 is 4.42 Å². The molecule has 0 saturated heterocycles. The summed E-state index contributed by atoms with van der Waals surface area (Å²) in [5.41, 5.74) is 17.2. The van der Waals surface area contributed by atoms with Crippen molar-refractivity contribution in [1.29, 1.82) is 0 Å². The normalized spacial score (nSPS) is 12.9. The fraction of sp³-hybridized carbons (Fsp3) is 0.0233. The third-order valence-corrected chi connectivity index (χ3v) is 8.70. The molecule has 0 aliphatic heterocycles. The van der Waals surface area contributed by atoms with Gasteiger partial charge in [-0.3, -0.25) is 0 Å². The average Bonchev–Trinajstić information content (AvgIpc) is 3.46. The van der Waals surface area contributed by atoms with Crippen molar-refractivity contribution in [1.82, 2.24) is 0 Å². The molecule has 8 rings (SSSR count). The Balaban J connectivity index is 1.35. The van der Waals surface area contributed by atoms with Gasteiger partial charge in [-0.2, -0.15) is 0 Å². The zero-order valence-electron chi connectivity index (χ0n) is 24.4. The molecule has 1 aliphatic rings. The van der Waals surface area contributed by atoms with Crippen LogP contribution in [0, 0.1) is 0 Å². The quantitative estimate of drug-likeness (QED) is 0.116. The summed E-state index contributed by atoms with van der Waals surface area (Å²) in [6.45, 7) is 6.44. The first-order chi connectivity index (χ1) is 21.7. The molecule has 0 radical (unpaired) electrons. The summed E-state index contributed by atoms with van der Waals surface area (Å²) in [7, 11) is 0. The molecule has 1 aliphatic carbocycles. The first-order valence-electron chi connectivity index (χ1n) is 14.9. The summed E-state index contributed by atoms with van der Waals surface area (Å²) < 4.78 is 6.32. The van der Waals surface area contributed by atoms with Crippen LogP contribution in [0.4, 0.5) is 0 Å². The summed E-state index contributed by atoms with van der Waals surface area (Å²) in [5.74, 6) is 0. The molecule has 0 N–H and O–H groups in total. The number of para-hydroxylation sites is 1. The summed E-state index contributed by atoms with van der Waals surface area (Å²) >= 11 is 0. The van der Waals surface area contributed by atoms with Crippen molar-refractivity contribution in [3.8, 4) is 11.1 Å². The van der Waals surface area contributed by atoms with E-state index in [1.54, 1.807) is 0 Å². The monoisotopic (exact) mass is 560 g/mol. The van der Waals surface area contributed by atoms with Gasteiger partial charge in [-0.15, -0.1) is 0 Å². The molecule has 0 fully saturated rings. The Morgan fingerprint density at radius 1 is 0.636 bits per heavy atom. The van der Waals surface area contributed by atoms with Gasteiger partial charge in [0.25, 0.3) is 0 Å². The van der Waals surface area contributed by atoms with Gasteiger partial charge >= 0.3 is 0 Å². The molecule has 206 valence electrons. The summed E-state index contributed by atoms with van der Waals surface area (Å²) in [4.78, 5) is 0. The molecular formula is C43H28O. The smallest absolute Gasteiger partial charge is 0.143 e. The van der Waals surface area contributed by atoms with E-state index in [4.69, 9.17) is 4.42 Å². The number of hydrogen-bond donors (Lipinski definition) is 0. The maximum atomic E-state index is 6.32. The Kier molecular flexibility index (Phi) is 6.14. The van der Waals surface area contributed by atoms with Crippen LogP contribution < -0.4 is 0 Å². The fourth-order valence-corrected chi connectivity index (χ4v) is 6.70. The molecule has 0 atom stereocenters. The predicted octanol–water partition coefficient (Wildman–Crippen LogP) is 12.0. The van der Waals surface area contributed by atoms with Crippen molar-refractivity contribution in [2.75, 3.05) is 0 Å². The molecule has 1 aromatic heterocycles. The Bertz CT molecular complexity index is 2410. The van der Waals surface area contributed by atoms with Gasteiger partial charge in [0, 0.05) is 28.0 Å². The van der Waals surface area contributed by atoms with Gasteiger partial charge in [0.15, 0.2) is 0 Å². The molecular weight excluding hydrogens is 532 g/mol. The van der Waals surface area contributed by atoms with E-state index in [1.807, 2.05) is 30.4 Å². The number of fused-ring (bicyclic) bond motifs is 7.